The third-order valence-corrected chi connectivity index (χ3v) is 7.07. The van der Waals surface area contributed by atoms with Gasteiger partial charge < -0.3 is 10.0 Å². The number of hydrogen-bond acceptors (Lipinski definition) is 4. The van der Waals surface area contributed by atoms with Crippen LogP contribution >= 0.6 is 23.2 Å². The average Bonchev–Trinajstić information content (AvgIpc) is 3.41. The molecule has 5 rings (SSSR count). The van der Waals surface area contributed by atoms with Gasteiger partial charge in [-0.3, -0.25) is 4.79 Å². The van der Waals surface area contributed by atoms with Gasteiger partial charge in [-0.2, -0.15) is 0 Å². The number of anilines is 1. The summed E-state index contributed by atoms with van der Waals surface area (Å²) >= 11 is 12.3. The number of aromatic nitrogens is 2. The van der Waals surface area contributed by atoms with Crippen molar-refractivity contribution >= 4 is 45.9 Å². The molecule has 1 saturated carbocycles. The van der Waals surface area contributed by atoms with Gasteiger partial charge in [-0.1, -0.05) is 35.3 Å². The molecule has 8 heteroatoms. The number of carboxylic acids is 1. The maximum absolute atomic E-state index is 14.7. The van der Waals surface area contributed by atoms with E-state index in [4.69, 9.17) is 23.2 Å². The predicted octanol–water partition coefficient (Wildman–Crippen LogP) is 5.58. The van der Waals surface area contributed by atoms with Gasteiger partial charge in [0.15, 0.2) is 0 Å². The molecule has 1 N–H and O–H groups in total. The number of benzene rings is 2. The Bertz CT molecular complexity index is 1180. The smallest absolute Gasteiger partial charge is 0.311 e. The SMILES string of the molecule is O=C(O)C1([C@H]2CCCN2c2ncnc3c(F)ccc(-c4ccc(Cl)c(Cl)c4)c23)CC1. The Kier molecular flexibility index (Phi) is 4.60. The first-order valence-corrected chi connectivity index (χ1v) is 10.6. The van der Waals surface area contributed by atoms with Gasteiger partial charge in [-0.25, -0.2) is 14.4 Å². The molecule has 3 aromatic rings. The standard InChI is InChI=1S/C22H18Cl2FN3O2/c23-14-5-3-12(10-15(14)24)13-4-6-16(25)19-18(13)20(27-11-26-19)28-9-1-2-17(28)22(7-8-22)21(29)30/h3-6,10-11,17H,1-2,7-9H2,(H,29,30)/t17-/m1/s1. The molecule has 1 aliphatic heterocycles. The highest BCUT2D eigenvalue weighted by atomic mass is 35.5. The lowest BCUT2D eigenvalue weighted by atomic mass is 9.93. The summed E-state index contributed by atoms with van der Waals surface area (Å²) in [5, 5.41) is 11.2. The van der Waals surface area contributed by atoms with E-state index in [1.165, 1.54) is 12.4 Å². The molecular formula is C22H18Cl2FN3O2. The Labute approximate surface area is 182 Å². The summed E-state index contributed by atoms with van der Waals surface area (Å²) in [6.45, 7) is 0.670. The number of rotatable bonds is 4. The first-order chi connectivity index (χ1) is 14.4. The van der Waals surface area contributed by atoms with Gasteiger partial charge in [0.25, 0.3) is 0 Å². The van der Waals surface area contributed by atoms with E-state index in [2.05, 4.69) is 9.97 Å². The third kappa shape index (κ3) is 2.93. The molecule has 2 aromatic carbocycles. The van der Waals surface area contributed by atoms with Crippen molar-refractivity contribution in [2.24, 2.45) is 5.41 Å². The zero-order valence-electron chi connectivity index (χ0n) is 15.9. The molecule has 0 unspecified atom stereocenters. The largest absolute Gasteiger partial charge is 0.481 e. The van der Waals surface area contributed by atoms with Gasteiger partial charge in [0, 0.05) is 12.6 Å². The maximum Gasteiger partial charge on any atom is 0.311 e. The molecule has 0 amide bonds. The minimum atomic E-state index is -0.770. The average molecular weight is 446 g/mol. The predicted molar refractivity (Wildman–Crippen MR) is 115 cm³/mol. The molecule has 0 spiro atoms. The normalized spacial score (nSPS) is 20.0. The summed E-state index contributed by atoms with van der Waals surface area (Å²) in [5.74, 6) is -0.656. The van der Waals surface area contributed by atoms with Crippen LogP contribution in [0.3, 0.4) is 0 Å². The van der Waals surface area contributed by atoms with Crippen LogP contribution in [-0.4, -0.2) is 33.6 Å². The number of aliphatic carboxylic acids is 1. The van der Waals surface area contributed by atoms with Crippen molar-refractivity contribution in [3.05, 3.63) is 52.5 Å². The highest BCUT2D eigenvalue weighted by Gasteiger charge is 2.59. The fourth-order valence-electron chi connectivity index (χ4n) is 4.67. The Balaban J connectivity index is 1.72. The van der Waals surface area contributed by atoms with Gasteiger partial charge >= 0.3 is 5.97 Å². The molecule has 5 nitrogen and oxygen atoms in total. The molecule has 0 bridgehead atoms. The second kappa shape index (κ2) is 7.06. The van der Waals surface area contributed by atoms with Crippen LogP contribution in [0, 0.1) is 11.2 Å². The number of carboxylic acid groups (broad SMARTS) is 1. The molecule has 2 fully saturated rings. The maximum atomic E-state index is 14.7. The molecule has 2 heterocycles. The number of halogens is 3. The van der Waals surface area contributed by atoms with Crippen LogP contribution < -0.4 is 4.90 Å². The lowest BCUT2D eigenvalue weighted by molar-refractivity contribution is -0.144. The van der Waals surface area contributed by atoms with Crippen LogP contribution in [0.4, 0.5) is 10.2 Å². The Morgan fingerprint density at radius 3 is 2.67 bits per heavy atom. The lowest BCUT2D eigenvalue weighted by Crippen LogP contribution is -2.41. The first-order valence-electron chi connectivity index (χ1n) is 9.81. The number of fused-ring (bicyclic) bond motifs is 1. The van der Waals surface area contributed by atoms with Gasteiger partial charge in [-0.05, 0) is 55.0 Å². The number of hydrogen-bond donors (Lipinski definition) is 1. The summed E-state index contributed by atoms with van der Waals surface area (Å²) < 4.78 is 14.7. The van der Waals surface area contributed by atoms with Crippen LogP contribution in [0.1, 0.15) is 25.7 Å². The Morgan fingerprint density at radius 1 is 1.17 bits per heavy atom. The summed E-state index contributed by atoms with van der Waals surface area (Å²) in [6.07, 6.45) is 4.29. The highest BCUT2D eigenvalue weighted by molar-refractivity contribution is 6.42. The topological polar surface area (TPSA) is 66.3 Å². The Hall–Kier alpha value is -2.44. The van der Waals surface area contributed by atoms with Gasteiger partial charge in [0.05, 0.1) is 20.8 Å². The van der Waals surface area contributed by atoms with Crippen molar-refractivity contribution in [1.82, 2.24) is 9.97 Å². The second-order valence-corrected chi connectivity index (χ2v) is 8.77. The van der Waals surface area contributed by atoms with Gasteiger partial charge in [0.2, 0.25) is 0 Å². The van der Waals surface area contributed by atoms with Crippen LogP contribution in [0.25, 0.3) is 22.0 Å². The molecule has 1 aromatic heterocycles. The van der Waals surface area contributed by atoms with E-state index in [-0.39, 0.29) is 11.6 Å². The molecule has 0 radical (unpaired) electrons. The van der Waals surface area contributed by atoms with Gasteiger partial charge in [0.1, 0.15) is 23.5 Å². The monoisotopic (exact) mass is 445 g/mol. The van der Waals surface area contributed by atoms with E-state index < -0.39 is 17.2 Å². The molecule has 1 atom stereocenters. The number of carbonyl (C=O) groups is 1. The quantitative estimate of drug-likeness (QED) is 0.567. The van der Waals surface area contributed by atoms with Crippen LogP contribution in [0.2, 0.25) is 10.0 Å². The third-order valence-electron chi connectivity index (χ3n) is 6.33. The second-order valence-electron chi connectivity index (χ2n) is 7.96. The zero-order valence-corrected chi connectivity index (χ0v) is 17.4. The molecule has 1 saturated heterocycles. The van der Waals surface area contributed by atoms with Crippen LogP contribution in [0.15, 0.2) is 36.7 Å². The lowest BCUT2D eigenvalue weighted by Gasteiger charge is -2.31. The molecule has 1 aliphatic carbocycles. The first kappa shape index (κ1) is 19.5. The fourth-order valence-corrected chi connectivity index (χ4v) is 4.96. The van der Waals surface area contributed by atoms with E-state index >= 15 is 0 Å². The highest BCUT2D eigenvalue weighted by Crippen LogP contribution is 2.54. The molecular weight excluding hydrogens is 428 g/mol. The summed E-state index contributed by atoms with van der Waals surface area (Å²) in [5.41, 5.74) is 0.950. The summed E-state index contributed by atoms with van der Waals surface area (Å²) in [7, 11) is 0. The fraction of sp³-hybridized carbons (Fsp3) is 0.318. The van der Waals surface area contributed by atoms with Crippen molar-refractivity contribution in [3.63, 3.8) is 0 Å². The van der Waals surface area contributed by atoms with Crippen LogP contribution in [0.5, 0.6) is 0 Å². The zero-order chi connectivity index (χ0) is 21.0. The summed E-state index contributed by atoms with van der Waals surface area (Å²) in [6, 6.07) is 8.13. The van der Waals surface area contributed by atoms with E-state index in [0.717, 1.165) is 24.0 Å². The van der Waals surface area contributed by atoms with Crippen molar-refractivity contribution in [1.29, 1.82) is 0 Å². The molecule has 154 valence electrons. The van der Waals surface area contributed by atoms with Crippen molar-refractivity contribution in [2.75, 3.05) is 11.4 Å². The number of nitrogens with zero attached hydrogens (tertiary/aromatic N) is 3. The van der Waals surface area contributed by atoms with E-state index in [1.807, 2.05) is 11.0 Å². The minimum absolute atomic E-state index is 0.168. The van der Waals surface area contributed by atoms with E-state index in [1.54, 1.807) is 18.2 Å². The molecule has 30 heavy (non-hydrogen) atoms. The van der Waals surface area contributed by atoms with E-state index in [9.17, 15) is 14.3 Å². The van der Waals surface area contributed by atoms with Crippen molar-refractivity contribution in [2.45, 2.75) is 31.7 Å². The van der Waals surface area contributed by atoms with E-state index in [0.29, 0.717) is 40.6 Å². The van der Waals surface area contributed by atoms with Crippen LogP contribution in [-0.2, 0) is 4.79 Å². The Morgan fingerprint density at radius 2 is 1.97 bits per heavy atom. The van der Waals surface area contributed by atoms with Crippen molar-refractivity contribution in [3.8, 4) is 11.1 Å². The van der Waals surface area contributed by atoms with Crippen molar-refractivity contribution < 1.29 is 14.3 Å². The minimum Gasteiger partial charge on any atom is -0.481 e. The summed E-state index contributed by atoms with van der Waals surface area (Å²) in [4.78, 5) is 22.7. The molecule has 2 aliphatic rings. The van der Waals surface area contributed by atoms with Gasteiger partial charge in [-0.15, -0.1) is 0 Å².